The number of anilines is 1. The van der Waals surface area contributed by atoms with Crippen molar-refractivity contribution >= 4 is 50.4 Å². The molecule has 16 nitrogen and oxygen atoms in total. The third-order valence-electron chi connectivity index (χ3n) is 12.5. The molecule has 2 aromatic carbocycles. The largest absolute Gasteiger partial charge is 0.497 e. The fourth-order valence-corrected chi connectivity index (χ4v) is 10.0. The molecule has 3 heterocycles. The van der Waals surface area contributed by atoms with Crippen molar-refractivity contribution in [2.75, 3.05) is 38.8 Å². The Bertz CT molecular complexity index is 2350. The molecule has 2 aliphatic heterocycles. The molecule has 3 N–H and O–H groups in total. The molecule has 5 atom stereocenters. The zero-order valence-electron chi connectivity index (χ0n) is 35.0. The van der Waals surface area contributed by atoms with Crippen molar-refractivity contribution in [1.29, 1.82) is 0 Å². The fraction of sp³-hybridized carbons (Fsp3) is 0.523. The number of fused-ring (bicyclic) bond motifs is 2. The van der Waals surface area contributed by atoms with E-state index < -0.39 is 74.7 Å². The van der Waals surface area contributed by atoms with E-state index >= 15 is 0 Å². The van der Waals surface area contributed by atoms with Crippen LogP contribution in [0.3, 0.4) is 0 Å². The average molecular weight is 859 g/mol. The number of aromatic nitrogens is 1. The summed E-state index contributed by atoms with van der Waals surface area (Å²) in [7, 11) is -0.342. The third-order valence-corrected chi connectivity index (χ3v) is 14.3. The van der Waals surface area contributed by atoms with Crippen LogP contribution in [0.5, 0.6) is 17.2 Å². The Hall–Kier alpha value is -5.58. The lowest BCUT2D eigenvalue weighted by molar-refractivity contribution is -0.141. The second-order valence-corrected chi connectivity index (χ2v) is 19.1. The van der Waals surface area contributed by atoms with Crippen molar-refractivity contribution in [2.45, 2.75) is 100 Å². The number of alkyl carbamates (subject to hydrolysis) is 1. The predicted octanol–water partition coefficient (Wildman–Crippen LogP) is 4.45. The summed E-state index contributed by atoms with van der Waals surface area (Å²) in [5, 5.41) is 5.61. The van der Waals surface area contributed by atoms with Crippen LogP contribution < -0.4 is 34.5 Å². The highest BCUT2D eigenvalue weighted by Crippen LogP contribution is 2.46. The first-order valence-electron chi connectivity index (χ1n) is 21.1. The molecule has 326 valence electrons. The van der Waals surface area contributed by atoms with Crippen LogP contribution in [0.15, 0.2) is 55.1 Å². The number of nitrogens with zero attached hydrogens (tertiary/aromatic N) is 3. The van der Waals surface area contributed by atoms with Gasteiger partial charge in [0.15, 0.2) is 0 Å². The molecule has 61 heavy (non-hydrogen) atoms. The lowest BCUT2D eigenvalue weighted by Gasteiger charge is -2.31. The average Bonchev–Trinajstić information content (AvgIpc) is 4.12. The molecule has 1 saturated heterocycles. The molecule has 0 unspecified atom stereocenters. The van der Waals surface area contributed by atoms with Crippen molar-refractivity contribution < 1.29 is 46.5 Å². The molecular weight excluding hydrogens is 805 g/mol. The minimum Gasteiger partial charge on any atom is -0.497 e. The van der Waals surface area contributed by atoms with E-state index in [-0.39, 0.29) is 25.5 Å². The number of likely N-dealkylation sites (tertiary alicyclic amines) is 1. The van der Waals surface area contributed by atoms with E-state index in [4.69, 9.17) is 23.9 Å². The molecule has 4 amide bonds. The van der Waals surface area contributed by atoms with E-state index in [2.05, 4.69) is 26.8 Å². The van der Waals surface area contributed by atoms with E-state index in [1.807, 2.05) is 37.4 Å². The van der Waals surface area contributed by atoms with Gasteiger partial charge in [-0.05, 0) is 75.1 Å². The Morgan fingerprint density at radius 3 is 2.49 bits per heavy atom. The smallest absolute Gasteiger partial charge is 0.408 e. The lowest BCUT2D eigenvalue weighted by atomic mass is 10.0. The fourth-order valence-electron chi connectivity index (χ4n) is 8.65. The number of carbonyl (C=O) groups is 4. The molecular formula is C44H54N6O10S. The molecule has 0 spiro atoms. The SMILES string of the molecule is C=C[C@@H]1C[C@]1(NC(=O)[C@@H]1C[C@@H](Oc2cc(-c3ccc4c(c3)OCCN4C)nc3cc(OC)ccc23)CN1C(=O)[C@@H](NC(=O)OC1CCCC1)C(C)C)C(=O)NS(=O)(=O)C1CC1. The van der Waals surface area contributed by atoms with Crippen LogP contribution in [0.25, 0.3) is 22.2 Å². The second-order valence-electron chi connectivity index (χ2n) is 17.2. The minimum atomic E-state index is -3.92. The highest BCUT2D eigenvalue weighted by molar-refractivity contribution is 7.91. The first-order valence-corrected chi connectivity index (χ1v) is 22.7. The number of pyridine rings is 1. The summed E-state index contributed by atoms with van der Waals surface area (Å²) in [6.07, 6.45) is 4.29. The van der Waals surface area contributed by atoms with Gasteiger partial charge in [0.05, 0.1) is 42.3 Å². The quantitative estimate of drug-likeness (QED) is 0.193. The second kappa shape index (κ2) is 16.7. The zero-order chi connectivity index (χ0) is 43.2. The highest BCUT2D eigenvalue weighted by Gasteiger charge is 2.62. The number of likely N-dealkylation sites (N-methyl/N-ethyl adjacent to an activating group) is 1. The van der Waals surface area contributed by atoms with Crippen LogP contribution in [0.4, 0.5) is 10.5 Å². The van der Waals surface area contributed by atoms with Crippen LogP contribution in [-0.2, 0) is 29.1 Å². The van der Waals surface area contributed by atoms with Gasteiger partial charge in [0.25, 0.3) is 5.91 Å². The Labute approximate surface area is 355 Å². The molecule has 4 fully saturated rings. The maximum absolute atomic E-state index is 14.6. The summed E-state index contributed by atoms with van der Waals surface area (Å²) in [5.41, 5.74) is 1.36. The first-order chi connectivity index (χ1) is 29.2. The van der Waals surface area contributed by atoms with Crippen LogP contribution in [0.1, 0.15) is 65.2 Å². The highest BCUT2D eigenvalue weighted by atomic mass is 32.2. The van der Waals surface area contributed by atoms with Gasteiger partial charge in [-0.2, -0.15) is 0 Å². The number of ether oxygens (including phenoxy) is 4. The molecule has 1 aromatic heterocycles. The Kier molecular flexibility index (Phi) is 11.5. The molecule has 0 radical (unpaired) electrons. The number of amides is 4. The van der Waals surface area contributed by atoms with E-state index in [0.717, 1.165) is 49.2 Å². The number of rotatable bonds is 14. The summed E-state index contributed by atoms with van der Waals surface area (Å²) in [5.74, 6) is -1.20. The van der Waals surface area contributed by atoms with Crippen LogP contribution in [0.2, 0.25) is 0 Å². The molecule has 3 aliphatic carbocycles. The number of benzene rings is 2. The summed E-state index contributed by atoms with van der Waals surface area (Å²) < 4.78 is 51.8. The van der Waals surface area contributed by atoms with Gasteiger partial charge in [0, 0.05) is 42.5 Å². The number of carbonyl (C=O) groups excluding carboxylic acids is 4. The van der Waals surface area contributed by atoms with E-state index in [1.54, 1.807) is 33.1 Å². The zero-order valence-corrected chi connectivity index (χ0v) is 35.8. The first kappa shape index (κ1) is 42.1. The molecule has 8 rings (SSSR count). The molecule has 3 saturated carbocycles. The maximum atomic E-state index is 14.6. The van der Waals surface area contributed by atoms with Gasteiger partial charge in [-0.25, -0.2) is 18.2 Å². The summed E-state index contributed by atoms with van der Waals surface area (Å²) >= 11 is 0. The van der Waals surface area contributed by atoms with Gasteiger partial charge in [0.1, 0.15) is 53.7 Å². The predicted molar refractivity (Wildman–Crippen MR) is 227 cm³/mol. The van der Waals surface area contributed by atoms with E-state index in [1.165, 1.54) is 11.0 Å². The molecule has 5 aliphatic rings. The van der Waals surface area contributed by atoms with Crippen molar-refractivity contribution in [3.63, 3.8) is 0 Å². The number of nitrogens with one attached hydrogen (secondary N) is 3. The number of sulfonamides is 1. The molecule has 3 aromatic rings. The van der Waals surface area contributed by atoms with Gasteiger partial charge in [-0.1, -0.05) is 26.0 Å². The normalized spacial score (nSPS) is 24.0. The topological polar surface area (TPSA) is 195 Å². The van der Waals surface area contributed by atoms with Crippen molar-refractivity contribution in [3.05, 3.63) is 55.1 Å². The maximum Gasteiger partial charge on any atom is 0.408 e. The van der Waals surface area contributed by atoms with Crippen LogP contribution >= 0.6 is 0 Å². The Morgan fingerprint density at radius 2 is 1.80 bits per heavy atom. The van der Waals surface area contributed by atoms with Gasteiger partial charge in [0.2, 0.25) is 21.8 Å². The van der Waals surface area contributed by atoms with Crippen molar-refractivity contribution in [2.24, 2.45) is 11.8 Å². The number of methoxy groups -OCH3 is 1. The number of hydrogen-bond donors (Lipinski definition) is 3. The van der Waals surface area contributed by atoms with Gasteiger partial charge >= 0.3 is 6.09 Å². The van der Waals surface area contributed by atoms with E-state index in [9.17, 15) is 27.6 Å². The van der Waals surface area contributed by atoms with Crippen LogP contribution in [-0.4, -0.2) is 111 Å². The standard InChI is InChI=1S/C44H54N6O10S/c1-6-27-23-44(27,42(53)48-61(55,56)31-13-14-31)47-40(51)36-21-30(24-50(36)41(52)39(25(2)3)46-43(54)60-28-9-7-8-10-28)59-37-22-33(45-34-20-29(57-5)12-15-32(34)37)26-11-16-35-38(19-26)58-18-17-49(35)4/h6,11-12,15-16,19-20,22,25,27-28,30-31,36,39H,1,7-10,13-14,17-18,21,23-24H2,2-5H3,(H,46,54)(H,47,51)(H,48,53)/t27-,30-,36+,39+,44-/m1/s1. The number of hydrogen-bond acceptors (Lipinski definition) is 12. The van der Waals surface area contributed by atoms with Crippen molar-refractivity contribution in [1.82, 2.24) is 25.2 Å². The lowest BCUT2D eigenvalue weighted by Crippen LogP contribution is -2.59. The minimum absolute atomic E-state index is 0.0139. The van der Waals surface area contributed by atoms with Gasteiger partial charge in [-0.3, -0.25) is 19.1 Å². The third kappa shape index (κ3) is 8.66. The van der Waals surface area contributed by atoms with Crippen molar-refractivity contribution in [3.8, 4) is 28.5 Å². The molecule has 17 heteroatoms. The molecule has 0 bridgehead atoms. The Morgan fingerprint density at radius 1 is 1.03 bits per heavy atom. The van der Waals surface area contributed by atoms with Gasteiger partial charge < -0.3 is 39.4 Å². The summed E-state index contributed by atoms with van der Waals surface area (Å²) in [4.78, 5) is 64.4. The monoisotopic (exact) mass is 858 g/mol. The summed E-state index contributed by atoms with van der Waals surface area (Å²) in [6.45, 7) is 8.65. The van der Waals surface area contributed by atoms with Crippen LogP contribution in [0, 0.1) is 11.8 Å². The van der Waals surface area contributed by atoms with E-state index in [0.29, 0.717) is 47.5 Å². The Balaban J connectivity index is 1.11. The van der Waals surface area contributed by atoms with Gasteiger partial charge in [-0.15, -0.1) is 6.58 Å². The summed E-state index contributed by atoms with van der Waals surface area (Å²) in [6, 6.07) is 10.9.